The van der Waals surface area contributed by atoms with Crippen LogP contribution in [0.5, 0.6) is 0 Å². The van der Waals surface area contributed by atoms with Gasteiger partial charge in [-0.1, -0.05) is 96.7 Å². The molecule has 5 fully saturated rings. The van der Waals surface area contributed by atoms with Crippen LogP contribution in [0.2, 0.25) is 5.02 Å². The van der Waals surface area contributed by atoms with Crippen molar-refractivity contribution in [3.63, 3.8) is 0 Å². The third-order valence-corrected chi connectivity index (χ3v) is 22.8. The van der Waals surface area contributed by atoms with Crippen molar-refractivity contribution < 1.29 is 26.4 Å². The lowest BCUT2D eigenvalue weighted by molar-refractivity contribution is -0.162. The van der Waals surface area contributed by atoms with Crippen molar-refractivity contribution in [3.8, 4) is 0 Å². The number of allylic oxidation sites excluding steroid dienone is 3. The highest BCUT2D eigenvalue weighted by Crippen LogP contribution is 2.41. The molecule has 4 heterocycles. The minimum absolute atomic E-state index is 0.0365. The van der Waals surface area contributed by atoms with Crippen molar-refractivity contribution in [2.75, 3.05) is 78.5 Å². The average Bonchev–Trinajstić information content (AvgIpc) is 1.05. The summed E-state index contributed by atoms with van der Waals surface area (Å²) in [5.41, 5.74) is 3.12. The first-order valence-electron chi connectivity index (χ1n) is 35.3. The Morgan fingerprint density at radius 2 is 1.56 bits per heavy atom. The zero-order valence-electron chi connectivity index (χ0n) is 57.8. The molecule has 3 saturated heterocycles. The molecule has 1 amide bonds. The molecule has 6 N–H and O–H groups in total. The van der Waals surface area contributed by atoms with Crippen molar-refractivity contribution >= 4 is 33.1 Å². The largest absolute Gasteiger partial charge is 0.417 e. The third kappa shape index (κ3) is 21.9. The predicted molar refractivity (Wildman–Crippen MR) is 371 cm³/mol. The fourth-order valence-electron chi connectivity index (χ4n) is 15.8. The first-order valence-corrected chi connectivity index (χ1v) is 37.8. The number of sulfone groups is 1. The summed E-state index contributed by atoms with van der Waals surface area (Å²) in [7, 11) is 0.998. The Labute approximate surface area is 553 Å². The molecule has 20 heteroatoms. The van der Waals surface area contributed by atoms with E-state index in [2.05, 4.69) is 138 Å². The number of amides is 1. The molecule has 0 radical (unpaired) electrons. The molecule has 15 nitrogen and oxygen atoms in total. The Morgan fingerprint density at radius 3 is 2.23 bits per heavy atom. The van der Waals surface area contributed by atoms with Crippen molar-refractivity contribution in [1.29, 1.82) is 0 Å². The SMILES string of the molecule is CC[C@H](C)[C@H]1CN[C@@H](CCS(C)(=O)=O)C(C)NCC2[C@@H](C(=O)N3CCCCC3)C(C)N2[C@@H](C(C)C)C(C)NC2(CCCC2)CNCCNC=CC(CCc2ccc(C(F)(F)F)c(Cl)c2)=NC=CN(C)C=C(CC2CCCCC2)N(C)C=C2CCCN2[C@@H](C)C(C)N1. The number of piperidine rings is 1. The van der Waals surface area contributed by atoms with E-state index in [0.717, 1.165) is 115 Å². The number of benzene rings is 1. The highest BCUT2D eigenvalue weighted by atomic mass is 35.5. The number of rotatable bonds is 12. The summed E-state index contributed by atoms with van der Waals surface area (Å²) in [6.45, 7) is 26.9. The van der Waals surface area contributed by atoms with Gasteiger partial charge in [0.2, 0.25) is 5.91 Å². The number of hydrogen-bond donors (Lipinski definition) is 6. The molecule has 4 aliphatic heterocycles. The number of aryl methyl sites for hydroxylation is 1. The van der Waals surface area contributed by atoms with E-state index in [9.17, 15) is 26.4 Å². The lowest BCUT2D eigenvalue weighted by Gasteiger charge is -2.60. The molecule has 516 valence electrons. The van der Waals surface area contributed by atoms with Gasteiger partial charge in [-0.05, 0) is 153 Å². The molecule has 0 aromatic heterocycles. The van der Waals surface area contributed by atoms with Gasteiger partial charge in [-0.15, -0.1) is 0 Å². The third-order valence-electron chi connectivity index (χ3n) is 21.5. The second-order valence-corrected chi connectivity index (χ2v) is 31.5. The fourth-order valence-corrected chi connectivity index (χ4v) is 16.8. The summed E-state index contributed by atoms with van der Waals surface area (Å²) < 4.78 is 66.9. The molecule has 7 rings (SSSR count). The molecule has 1 spiro atoms. The molecular weight excluding hydrogens is 1190 g/mol. The minimum Gasteiger partial charge on any atom is -0.390 e. The zero-order valence-corrected chi connectivity index (χ0v) is 59.4. The molecule has 2 saturated carbocycles. The van der Waals surface area contributed by atoms with Crippen LogP contribution in [-0.2, 0) is 27.2 Å². The van der Waals surface area contributed by atoms with E-state index in [4.69, 9.17) is 16.6 Å². The van der Waals surface area contributed by atoms with Gasteiger partial charge in [-0.2, -0.15) is 13.2 Å². The van der Waals surface area contributed by atoms with E-state index in [1.807, 2.05) is 31.7 Å². The maximum absolute atomic E-state index is 14.8. The molecule has 11 atom stereocenters. The number of alkyl halides is 3. The maximum Gasteiger partial charge on any atom is 0.417 e. The number of fused-ring (bicyclic) bond motifs is 2. The normalized spacial score (nSPS) is 29.8. The average molecular weight is 1310 g/mol. The number of hydrogen-bond acceptors (Lipinski definition) is 14. The van der Waals surface area contributed by atoms with Crippen LogP contribution in [0.15, 0.2) is 71.7 Å². The Balaban J connectivity index is 1.20. The predicted octanol–water partition coefficient (Wildman–Crippen LogP) is 11.7. The first kappa shape index (κ1) is 74.7. The van der Waals surface area contributed by atoms with E-state index >= 15 is 0 Å². The van der Waals surface area contributed by atoms with Crippen LogP contribution < -0.4 is 31.9 Å². The number of aliphatic imine (C=N–C) groups is 1. The Hall–Kier alpha value is -3.69. The van der Waals surface area contributed by atoms with E-state index in [-0.39, 0.29) is 82.5 Å². The van der Waals surface area contributed by atoms with Crippen molar-refractivity contribution in [3.05, 3.63) is 82.8 Å². The van der Waals surface area contributed by atoms with Crippen LogP contribution in [0.25, 0.3) is 0 Å². The quantitative estimate of drug-likeness (QED) is 0.118. The highest BCUT2D eigenvalue weighted by Gasteiger charge is 2.55. The van der Waals surface area contributed by atoms with Gasteiger partial charge in [0.15, 0.2) is 0 Å². The number of carbonyl (C=O) groups excluding carboxylic acids is 1. The molecule has 6 aliphatic rings. The van der Waals surface area contributed by atoms with Crippen molar-refractivity contribution in [1.82, 2.24) is 56.4 Å². The lowest BCUT2D eigenvalue weighted by Crippen LogP contribution is -2.76. The van der Waals surface area contributed by atoms with Gasteiger partial charge in [0.25, 0.3) is 0 Å². The lowest BCUT2D eigenvalue weighted by atomic mass is 9.74. The summed E-state index contributed by atoms with van der Waals surface area (Å²) >= 11 is 6.20. The topological polar surface area (TPSA) is 152 Å². The second-order valence-electron chi connectivity index (χ2n) is 28.9. The van der Waals surface area contributed by atoms with Gasteiger partial charge in [0.05, 0.1) is 22.3 Å². The monoisotopic (exact) mass is 1310 g/mol. The smallest absolute Gasteiger partial charge is 0.390 e. The number of nitrogens with zero attached hydrogens (tertiary/aromatic N) is 6. The maximum atomic E-state index is 14.8. The van der Waals surface area contributed by atoms with Gasteiger partial charge in [-0.25, -0.2) is 8.42 Å². The van der Waals surface area contributed by atoms with Gasteiger partial charge in [0.1, 0.15) is 9.84 Å². The molecule has 91 heavy (non-hydrogen) atoms. The molecule has 0 bridgehead atoms. The van der Waals surface area contributed by atoms with Crippen LogP contribution in [0.4, 0.5) is 13.2 Å². The minimum atomic E-state index is -4.53. The number of likely N-dealkylation sites (tertiary alicyclic amines) is 1. The summed E-state index contributed by atoms with van der Waals surface area (Å²) in [5, 5.41) is 23.3. The Kier molecular flexibility index (Phi) is 29.0. The summed E-state index contributed by atoms with van der Waals surface area (Å²) in [5.74, 6) is 1.46. The van der Waals surface area contributed by atoms with Crippen molar-refractivity contribution in [2.45, 2.75) is 250 Å². The number of nitrogens with one attached hydrogen (secondary N) is 6. The number of halogens is 4. The van der Waals surface area contributed by atoms with E-state index in [1.54, 1.807) is 0 Å². The van der Waals surface area contributed by atoms with E-state index in [1.165, 1.54) is 61.9 Å². The van der Waals surface area contributed by atoms with E-state index < -0.39 is 21.6 Å². The van der Waals surface area contributed by atoms with Crippen LogP contribution in [0.1, 0.15) is 189 Å². The number of carbonyl (C=O) groups is 1. The standard InChI is InChI=1S/C71H120ClF3N12O3S/c1-13-51(4)65-45-80-64(31-42-91(12,89)90)53(6)79-46-66-67(69(88)85-38-20-15-21-39-85)56(9)87(66)68(50(2)3)54(7)82-70(32-18-19-33-70)49-77-36-35-76-34-30-59(28-26-58-27-29-62(63(72)44-58)71(73,74)75)78-37-41-83(10)47-61(43-57-23-16-14-17-24-57)84(11)48-60-25-22-40-86(60)55(8)52(5)81-65/h27,29-30,34,37,41,44,47-48,50-57,64-68,76-77,79-82H,13-26,28,31-33,35-36,38-40,42-43,45-46,49H2,1-12H3/t51-,52?,53?,54?,55-,56?,64-,65+,66?,67-,68-/m0/s1. The fraction of sp³-hybridized carbons (Fsp3) is 0.775. The zero-order chi connectivity index (χ0) is 66.0. The molecule has 1 aromatic carbocycles. The van der Waals surface area contributed by atoms with Gasteiger partial charge in [-0.3, -0.25) is 14.7 Å². The molecule has 2 aliphatic carbocycles. The van der Waals surface area contributed by atoms with Crippen LogP contribution in [0, 0.1) is 23.7 Å². The Morgan fingerprint density at radius 1 is 0.846 bits per heavy atom. The first-order chi connectivity index (χ1) is 43.3. The van der Waals surface area contributed by atoms with Gasteiger partial charge in [0, 0.05) is 175 Å². The van der Waals surface area contributed by atoms with Crippen LogP contribution in [-0.4, -0.2) is 183 Å². The van der Waals surface area contributed by atoms with E-state index in [0.29, 0.717) is 62.2 Å². The van der Waals surface area contributed by atoms with Gasteiger partial charge < -0.3 is 51.5 Å². The molecule has 5 unspecified atom stereocenters. The second kappa shape index (κ2) is 35.3. The summed E-state index contributed by atoms with van der Waals surface area (Å²) in [6, 6.07) is 4.54. The summed E-state index contributed by atoms with van der Waals surface area (Å²) in [4.78, 5) is 31.6. The molecule has 1 aromatic rings. The van der Waals surface area contributed by atoms with Crippen LogP contribution >= 0.6 is 11.6 Å². The highest BCUT2D eigenvalue weighted by molar-refractivity contribution is 7.90. The summed E-state index contributed by atoms with van der Waals surface area (Å²) in [6.07, 6.45) is 28.5. The van der Waals surface area contributed by atoms with Crippen LogP contribution in [0.3, 0.4) is 0 Å². The Bertz CT molecular complexity index is 2690. The van der Waals surface area contributed by atoms with Gasteiger partial charge >= 0.3 is 6.18 Å². The van der Waals surface area contributed by atoms with Crippen molar-refractivity contribution in [2.24, 2.45) is 28.7 Å². The molecular formula is C71H120ClF3N12O3S.